The maximum atomic E-state index is 13.4. The number of carbonyl (C=O) groups excluding carboxylic acids is 2. The molecule has 2 N–H and O–H groups in total. The average Bonchev–Trinajstić information content (AvgIpc) is 3.26. The molecule has 3 aliphatic rings. The molecule has 6 nitrogen and oxygen atoms in total. The Labute approximate surface area is 151 Å². The summed E-state index contributed by atoms with van der Waals surface area (Å²) < 4.78 is 5.76. The zero-order valence-corrected chi connectivity index (χ0v) is 14.2. The van der Waals surface area contributed by atoms with Crippen molar-refractivity contribution in [3.63, 3.8) is 0 Å². The number of nitrogens with one attached hydrogen (secondary N) is 2. The molecular weight excluding hydrogens is 330 g/mol. The van der Waals surface area contributed by atoms with Gasteiger partial charge in [0.1, 0.15) is 0 Å². The highest BCUT2D eigenvalue weighted by Crippen LogP contribution is 2.45. The Bertz CT molecular complexity index is 907. The first kappa shape index (κ1) is 15.4. The summed E-state index contributed by atoms with van der Waals surface area (Å²) in [5.41, 5.74) is 1.51. The predicted molar refractivity (Wildman–Crippen MR) is 96.8 cm³/mol. The Balaban J connectivity index is 1.68. The molecule has 1 fully saturated rings. The van der Waals surface area contributed by atoms with Gasteiger partial charge in [-0.25, -0.2) is 0 Å². The van der Waals surface area contributed by atoms with Gasteiger partial charge >= 0.3 is 0 Å². The van der Waals surface area contributed by atoms with E-state index in [4.69, 9.17) is 4.74 Å². The first-order valence-electron chi connectivity index (χ1n) is 8.92. The molecule has 1 saturated heterocycles. The number of ether oxygens (including phenoxy) is 1. The van der Waals surface area contributed by atoms with Crippen molar-refractivity contribution in [3.05, 3.63) is 59.7 Å². The Kier molecular flexibility index (Phi) is 3.30. The van der Waals surface area contributed by atoms with E-state index in [0.717, 1.165) is 24.1 Å². The van der Waals surface area contributed by atoms with Crippen molar-refractivity contribution in [3.8, 4) is 0 Å². The van der Waals surface area contributed by atoms with E-state index in [9.17, 15) is 9.59 Å². The fourth-order valence-electron chi connectivity index (χ4n) is 4.19. The third kappa shape index (κ3) is 2.02. The third-order valence-electron chi connectivity index (χ3n) is 5.43. The van der Waals surface area contributed by atoms with Crippen LogP contribution in [-0.4, -0.2) is 36.0 Å². The summed E-state index contributed by atoms with van der Waals surface area (Å²) in [6.45, 7) is 1.08. The van der Waals surface area contributed by atoms with E-state index < -0.39 is 5.66 Å². The fraction of sp³-hybridized carbons (Fsp3) is 0.300. The maximum Gasteiger partial charge on any atom is 0.276 e. The van der Waals surface area contributed by atoms with E-state index >= 15 is 0 Å². The summed E-state index contributed by atoms with van der Waals surface area (Å²) in [5, 5.41) is 6.30. The van der Waals surface area contributed by atoms with Gasteiger partial charge in [-0.15, -0.1) is 0 Å². The summed E-state index contributed by atoms with van der Waals surface area (Å²) in [5.74, 6) is -0.388. The molecule has 2 amide bonds. The van der Waals surface area contributed by atoms with Crippen LogP contribution in [0.2, 0.25) is 0 Å². The molecule has 3 aliphatic heterocycles. The van der Waals surface area contributed by atoms with Gasteiger partial charge in [0.25, 0.3) is 11.8 Å². The molecule has 0 bridgehead atoms. The normalized spacial score (nSPS) is 26.5. The van der Waals surface area contributed by atoms with Crippen LogP contribution in [0.15, 0.2) is 48.5 Å². The Morgan fingerprint density at radius 3 is 2.65 bits per heavy atom. The highest BCUT2D eigenvalue weighted by Gasteiger charge is 2.56. The number of hydrogen-bond acceptors (Lipinski definition) is 4. The van der Waals surface area contributed by atoms with Crippen molar-refractivity contribution in [1.82, 2.24) is 4.90 Å². The van der Waals surface area contributed by atoms with Crippen LogP contribution in [0.25, 0.3) is 0 Å². The lowest BCUT2D eigenvalue weighted by Gasteiger charge is -2.45. The first-order valence-corrected chi connectivity index (χ1v) is 8.92. The van der Waals surface area contributed by atoms with E-state index in [1.807, 2.05) is 42.5 Å². The summed E-state index contributed by atoms with van der Waals surface area (Å²) >= 11 is 0. The van der Waals surface area contributed by atoms with Gasteiger partial charge in [-0.05, 0) is 31.0 Å². The molecule has 2 aromatic carbocycles. The van der Waals surface area contributed by atoms with E-state index in [1.165, 1.54) is 0 Å². The Hall–Kier alpha value is -2.86. The highest BCUT2D eigenvalue weighted by molar-refractivity contribution is 6.14. The zero-order valence-electron chi connectivity index (χ0n) is 14.2. The van der Waals surface area contributed by atoms with Gasteiger partial charge in [0.05, 0.1) is 18.2 Å². The fourth-order valence-corrected chi connectivity index (χ4v) is 4.19. The van der Waals surface area contributed by atoms with E-state index in [1.54, 1.807) is 11.0 Å². The topological polar surface area (TPSA) is 70.7 Å². The van der Waals surface area contributed by atoms with Gasteiger partial charge in [0, 0.05) is 23.5 Å². The summed E-state index contributed by atoms with van der Waals surface area (Å²) in [7, 11) is 0. The molecule has 5 rings (SSSR count). The van der Waals surface area contributed by atoms with E-state index in [2.05, 4.69) is 10.6 Å². The minimum absolute atomic E-state index is 0.0524. The number of para-hydroxylation sites is 2. The largest absolute Gasteiger partial charge is 0.376 e. The monoisotopic (exact) mass is 349 g/mol. The first-order chi connectivity index (χ1) is 12.7. The third-order valence-corrected chi connectivity index (χ3v) is 5.43. The number of fused-ring (bicyclic) bond motifs is 3. The molecule has 6 heteroatoms. The molecule has 0 aromatic heterocycles. The van der Waals surface area contributed by atoms with Gasteiger partial charge in [-0.2, -0.15) is 0 Å². The van der Waals surface area contributed by atoms with Gasteiger partial charge in [0.15, 0.2) is 0 Å². The summed E-state index contributed by atoms with van der Waals surface area (Å²) in [6, 6.07) is 14.8. The zero-order chi connectivity index (χ0) is 17.7. The van der Waals surface area contributed by atoms with Crippen LogP contribution in [-0.2, 0) is 15.2 Å². The molecule has 2 aromatic rings. The van der Waals surface area contributed by atoms with Gasteiger partial charge in [-0.1, -0.05) is 30.3 Å². The standard InChI is InChI=1S/C20H19N3O3/c24-18-14-7-1-3-9-16(14)22-20(23(18)12-13-6-5-11-26-13)15-8-2-4-10-17(15)21-19(20)25/h1-4,7-10,13,22H,5-6,11-12H2,(H,21,25). The van der Waals surface area contributed by atoms with Crippen molar-refractivity contribution in [2.75, 3.05) is 23.8 Å². The number of amides is 2. The summed E-state index contributed by atoms with van der Waals surface area (Å²) in [4.78, 5) is 28.2. The SMILES string of the molecule is O=C1c2ccccc2NC2(C(=O)Nc3ccccc32)N1CC1CCCO1. The molecule has 26 heavy (non-hydrogen) atoms. The highest BCUT2D eigenvalue weighted by atomic mass is 16.5. The van der Waals surface area contributed by atoms with Crippen molar-refractivity contribution in [2.24, 2.45) is 0 Å². The van der Waals surface area contributed by atoms with E-state index in [-0.39, 0.29) is 17.9 Å². The van der Waals surface area contributed by atoms with Crippen molar-refractivity contribution >= 4 is 23.2 Å². The van der Waals surface area contributed by atoms with Gasteiger partial charge in [-0.3, -0.25) is 9.59 Å². The van der Waals surface area contributed by atoms with E-state index in [0.29, 0.717) is 24.4 Å². The average molecular weight is 349 g/mol. The van der Waals surface area contributed by atoms with Crippen LogP contribution in [0.5, 0.6) is 0 Å². The summed E-state index contributed by atoms with van der Waals surface area (Å²) in [6.07, 6.45) is 1.82. The van der Waals surface area contributed by atoms with Crippen LogP contribution >= 0.6 is 0 Å². The number of benzene rings is 2. The molecule has 0 radical (unpaired) electrons. The lowest BCUT2D eigenvalue weighted by atomic mass is 9.92. The molecule has 3 heterocycles. The predicted octanol–water partition coefficient (Wildman–Crippen LogP) is 2.54. The van der Waals surface area contributed by atoms with Crippen molar-refractivity contribution in [2.45, 2.75) is 24.6 Å². The lowest BCUT2D eigenvalue weighted by molar-refractivity contribution is -0.125. The number of anilines is 2. The second kappa shape index (κ2) is 5.57. The number of hydrogen-bond donors (Lipinski definition) is 2. The lowest BCUT2D eigenvalue weighted by Crippen LogP contribution is -2.62. The van der Waals surface area contributed by atoms with Crippen molar-refractivity contribution < 1.29 is 14.3 Å². The molecule has 1 spiro atoms. The number of nitrogens with zero attached hydrogens (tertiary/aromatic N) is 1. The molecule has 132 valence electrons. The van der Waals surface area contributed by atoms with Gasteiger partial charge < -0.3 is 20.3 Å². The van der Waals surface area contributed by atoms with Crippen LogP contribution < -0.4 is 10.6 Å². The quantitative estimate of drug-likeness (QED) is 0.874. The Morgan fingerprint density at radius 2 is 1.85 bits per heavy atom. The minimum Gasteiger partial charge on any atom is -0.376 e. The van der Waals surface area contributed by atoms with Gasteiger partial charge in [0.2, 0.25) is 5.66 Å². The number of rotatable bonds is 2. The second-order valence-electron chi connectivity index (χ2n) is 6.93. The minimum atomic E-state index is -1.24. The molecule has 2 atom stereocenters. The molecular formula is C20H19N3O3. The Morgan fingerprint density at radius 1 is 1.08 bits per heavy atom. The van der Waals surface area contributed by atoms with Crippen molar-refractivity contribution in [1.29, 1.82) is 0 Å². The molecule has 2 unspecified atom stereocenters. The maximum absolute atomic E-state index is 13.4. The second-order valence-corrected chi connectivity index (χ2v) is 6.93. The van der Waals surface area contributed by atoms with Crippen LogP contribution in [0.3, 0.4) is 0 Å². The smallest absolute Gasteiger partial charge is 0.276 e. The molecule has 0 aliphatic carbocycles. The van der Waals surface area contributed by atoms with Crippen LogP contribution in [0, 0.1) is 0 Å². The number of carbonyl (C=O) groups is 2. The van der Waals surface area contributed by atoms with Crippen LogP contribution in [0.1, 0.15) is 28.8 Å². The van der Waals surface area contributed by atoms with Crippen LogP contribution in [0.4, 0.5) is 11.4 Å². The molecule has 0 saturated carbocycles.